The minimum atomic E-state index is -0.337. The highest BCUT2D eigenvalue weighted by atomic mass is 16.5. The molecule has 8 nitrogen and oxygen atoms in total. The highest BCUT2D eigenvalue weighted by Gasteiger charge is 2.23. The van der Waals surface area contributed by atoms with Crippen molar-refractivity contribution in [2.24, 2.45) is 0 Å². The number of aryl methyl sites for hydroxylation is 1. The number of phenolic OH excluding ortho intramolecular Hbond substituents is 1. The lowest BCUT2D eigenvalue weighted by Gasteiger charge is -2.25. The van der Waals surface area contributed by atoms with E-state index in [1.807, 2.05) is 13.0 Å². The number of fused-ring (bicyclic) bond motifs is 1. The molecule has 1 saturated heterocycles. The molecule has 1 unspecified atom stereocenters. The quantitative estimate of drug-likeness (QED) is 0.660. The highest BCUT2D eigenvalue weighted by Crippen LogP contribution is 2.38. The van der Waals surface area contributed by atoms with Gasteiger partial charge in [0.15, 0.2) is 6.23 Å². The molecule has 0 saturated carbocycles. The highest BCUT2D eigenvalue weighted by molar-refractivity contribution is 5.75. The number of hydrogen-bond donors (Lipinski definition) is 1. The molecular formula is C24H25N3O5. The fourth-order valence-corrected chi connectivity index (χ4v) is 4.39. The lowest BCUT2D eigenvalue weighted by Crippen LogP contribution is -2.33. The first-order valence-electron chi connectivity index (χ1n) is 10.9. The molecule has 1 fully saturated rings. The van der Waals surface area contributed by atoms with Gasteiger partial charge in [0.2, 0.25) is 5.88 Å². The molecule has 2 aliphatic heterocycles. The first kappa shape index (κ1) is 20.5. The van der Waals surface area contributed by atoms with E-state index in [0.717, 1.165) is 37.0 Å². The first-order valence-corrected chi connectivity index (χ1v) is 10.9. The Labute approximate surface area is 185 Å². The zero-order chi connectivity index (χ0) is 22.2. The minimum Gasteiger partial charge on any atom is -0.507 e. The summed E-state index contributed by atoms with van der Waals surface area (Å²) in [4.78, 5) is 17.3. The van der Waals surface area contributed by atoms with Crippen LogP contribution in [0, 0.1) is 13.8 Å². The van der Waals surface area contributed by atoms with Gasteiger partial charge in [0, 0.05) is 42.0 Å². The Hall–Kier alpha value is -3.39. The number of pyridine rings is 1. The largest absolute Gasteiger partial charge is 0.507 e. The van der Waals surface area contributed by atoms with Gasteiger partial charge in [-0.05, 0) is 51.3 Å². The second kappa shape index (κ2) is 8.27. The number of aromatic nitrogens is 3. The van der Waals surface area contributed by atoms with Crippen LogP contribution in [-0.2, 0) is 11.2 Å². The molecule has 3 aromatic rings. The Bertz CT molecular complexity index is 1230. The smallest absolute Gasteiger partial charge is 0.272 e. The van der Waals surface area contributed by atoms with E-state index in [1.54, 1.807) is 25.3 Å². The summed E-state index contributed by atoms with van der Waals surface area (Å²) in [6.45, 7) is 4.83. The van der Waals surface area contributed by atoms with Crippen LogP contribution < -0.4 is 15.0 Å². The maximum Gasteiger partial charge on any atom is 0.272 e. The van der Waals surface area contributed by atoms with Gasteiger partial charge in [-0.15, -0.1) is 0 Å². The molecule has 4 heterocycles. The number of phenols is 1. The summed E-state index contributed by atoms with van der Waals surface area (Å²) in [6.07, 6.45) is 4.80. The lowest BCUT2D eigenvalue weighted by atomic mass is 9.99. The van der Waals surface area contributed by atoms with Gasteiger partial charge in [-0.25, -0.2) is 9.67 Å². The Kier molecular flexibility index (Phi) is 5.30. The lowest BCUT2D eigenvalue weighted by molar-refractivity contribution is -0.0428. The number of rotatable bonds is 4. The third kappa shape index (κ3) is 3.60. The van der Waals surface area contributed by atoms with Gasteiger partial charge in [0.25, 0.3) is 5.56 Å². The third-order valence-electron chi connectivity index (χ3n) is 5.99. The molecule has 1 aromatic carbocycles. The average molecular weight is 435 g/mol. The minimum absolute atomic E-state index is 0.00499. The maximum absolute atomic E-state index is 13.0. The fourth-order valence-electron chi connectivity index (χ4n) is 4.39. The van der Waals surface area contributed by atoms with Crippen molar-refractivity contribution in [2.45, 2.75) is 45.8 Å². The summed E-state index contributed by atoms with van der Waals surface area (Å²) in [5.41, 5.74) is 3.04. The molecule has 8 heteroatoms. The Morgan fingerprint density at radius 2 is 2.06 bits per heavy atom. The van der Waals surface area contributed by atoms with Crippen molar-refractivity contribution in [3.63, 3.8) is 0 Å². The van der Waals surface area contributed by atoms with Gasteiger partial charge < -0.3 is 19.3 Å². The molecule has 1 atom stereocenters. The second-order valence-corrected chi connectivity index (χ2v) is 8.13. The van der Waals surface area contributed by atoms with Crippen molar-refractivity contribution >= 4 is 0 Å². The standard InChI is InChI=1S/C24H25N3O5/c1-14-22(15(2)26-27(24(14)29)21-5-3-4-11-31-21)17-7-6-16(13-19(17)28)32-23-18-9-12-30-20(18)8-10-25-23/h6-8,10,13,21,28H,3-5,9,11-12H2,1-2H3. The van der Waals surface area contributed by atoms with Crippen molar-refractivity contribution in [1.82, 2.24) is 14.8 Å². The van der Waals surface area contributed by atoms with Crippen molar-refractivity contribution in [3.8, 4) is 34.3 Å². The topological polar surface area (TPSA) is 95.7 Å². The normalized spacial score (nSPS) is 17.6. The molecule has 166 valence electrons. The molecule has 0 radical (unpaired) electrons. The molecule has 0 aliphatic carbocycles. The van der Waals surface area contributed by atoms with Crippen LogP contribution in [0.5, 0.6) is 23.1 Å². The van der Waals surface area contributed by atoms with Gasteiger partial charge in [-0.2, -0.15) is 5.10 Å². The first-order chi connectivity index (χ1) is 15.5. The van der Waals surface area contributed by atoms with E-state index in [9.17, 15) is 9.90 Å². The molecule has 0 spiro atoms. The van der Waals surface area contributed by atoms with Crippen molar-refractivity contribution < 1.29 is 19.3 Å². The summed E-state index contributed by atoms with van der Waals surface area (Å²) in [5, 5.41) is 15.3. The average Bonchev–Trinajstić information content (AvgIpc) is 3.28. The van der Waals surface area contributed by atoms with Crippen LogP contribution in [-0.4, -0.2) is 33.1 Å². The number of nitrogens with zero attached hydrogens (tertiary/aromatic N) is 3. The van der Waals surface area contributed by atoms with Gasteiger partial charge >= 0.3 is 0 Å². The van der Waals surface area contributed by atoms with E-state index in [4.69, 9.17) is 14.2 Å². The fraction of sp³-hybridized carbons (Fsp3) is 0.375. The number of hydrogen-bond acceptors (Lipinski definition) is 7. The van der Waals surface area contributed by atoms with Crippen LogP contribution in [0.1, 0.15) is 42.3 Å². The molecule has 0 bridgehead atoms. The van der Waals surface area contributed by atoms with E-state index in [2.05, 4.69) is 10.1 Å². The second-order valence-electron chi connectivity index (χ2n) is 8.13. The van der Waals surface area contributed by atoms with Crippen molar-refractivity contribution in [2.75, 3.05) is 13.2 Å². The van der Waals surface area contributed by atoms with Crippen LogP contribution in [0.4, 0.5) is 0 Å². The van der Waals surface area contributed by atoms with Gasteiger partial charge in [-0.1, -0.05) is 0 Å². The summed E-state index contributed by atoms with van der Waals surface area (Å²) in [7, 11) is 0. The molecule has 32 heavy (non-hydrogen) atoms. The van der Waals surface area contributed by atoms with E-state index in [-0.39, 0.29) is 17.5 Å². The molecule has 1 N–H and O–H groups in total. The zero-order valence-electron chi connectivity index (χ0n) is 18.1. The Balaban J connectivity index is 1.47. The van der Waals surface area contributed by atoms with Crippen molar-refractivity contribution in [1.29, 1.82) is 0 Å². The maximum atomic E-state index is 13.0. The van der Waals surface area contributed by atoms with Crippen LogP contribution in [0.2, 0.25) is 0 Å². The third-order valence-corrected chi connectivity index (χ3v) is 5.99. The van der Waals surface area contributed by atoms with Gasteiger partial charge in [0.05, 0.1) is 17.9 Å². The predicted molar refractivity (Wildman–Crippen MR) is 117 cm³/mol. The summed E-state index contributed by atoms with van der Waals surface area (Å²) in [5.74, 6) is 1.70. The molecular weight excluding hydrogens is 410 g/mol. The molecule has 5 rings (SSSR count). The Morgan fingerprint density at radius 3 is 2.84 bits per heavy atom. The predicted octanol–water partition coefficient (Wildman–Crippen LogP) is 4.05. The van der Waals surface area contributed by atoms with Crippen LogP contribution in [0.3, 0.4) is 0 Å². The number of benzene rings is 1. The Morgan fingerprint density at radius 1 is 1.19 bits per heavy atom. The van der Waals surface area contributed by atoms with Crippen LogP contribution in [0.15, 0.2) is 35.3 Å². The van der Waals surface area contributed by atoms with Gasteiger partial charge in [-0.3, -0.25) is 4.79 Å². The SMILES string of the molecule is Cc1nn(C2CCCCO2)c(=O)c(C)c1-c1ccc(Oc2nccc3c2CCO3)cc1O. The zero-order valence-corrected chi connectivity index (χ0v) is 18.1. The molecule has 2 aromatic heterocycles. The van der Waals surface area contributed by atoms with Crippen LogP contribution >= 0.6 is 0 Å². The summed E-state index contributed by atoms with van der Waals surface area (Å²) < 4.78 is 18.7. The number of aromatic hydroxyl groups is 1. The van der Waals surface area contributed by atoms with E-state index in [1.165, 1.54) is 10.7 Å². The summed E-state index contributed by atoms with van der Waals surface area (Å²) >= 11 is 0. The molecule has 2 aliphatic rings. The van der Waals surface area contributed by atoms with E-state index < -0.39 is 0 Å². The van der Waals surface area contributed by atoms with Gasteiger partial charge in [0.1, 0.15) is 17.2 Å². The van der Waals surface area contributed by atoms with E-state index >= 15 is 0 Å². The van der Waals surface area contributed by atoms with Crippen molar-refractivity contribution in [3.05, 3.63) is 57.6 Å². The number of ether oxygens (including phenoxy) is 3. The van der Waals surface area contributed by atoms with Crippen LogP contribution in [0.25, 0.3) is 11.1 Å². The molecule has 0 amide bonds. The summed E-state index contributed by atoms with van der Waals surface area (Å²) in [6, 6.07) is 6.83. The monoisotopic (exact) mass is 435 g/mol. The van der Waals surface area contributed by atoms with E-state index in [0.29, 0.717) is 47.2 Å².